The highest BCUT2D eigenvalue weighted by Gasteiger charge is 2.59. The zero-order valence-electron chi connectivity index (χ0n) is 24.2. The lowest BCUT2D eigenvalue weighted by Crippen LogP contribution is -2.64. The van der Waals surface area contributed by atoms with Crippen LogP contribution >= 0.6 is 0 Å². The molecule has 2 rings (SSSR count). The first-order valence-corrected chi connectivity index (χ1v) is 14.8. The third-order valence-electron chi connectivity index (χ3n) is 7.39. The van der Waals surface area contributed by atoms with Crippen LogP contribution in [0.5, 0.6) is 0 Å². The highest BCUT2D eigenvalue weighted by molar-refractivity contribution is 5.69. The van der Waals surface area contributed by atoms with Crippen LogP contribution in [0.2, 0.25) is 0 Å². The van der Waals surface area contributed by atoms with Gasteiger partial charge in [-0.3, -0.25) is 4.79 Å². The van der Waals surface area contributed by atoms with Crippen molar-refractivity contribution in [2.75, 3.05) is 26.4 Å². The molecule has 0 aromatic rings. The Hall–Kier alpha value is -0.930. The highest BCUT2D eigenvalue weighted by Crippen LogP contribution is 2.37. The zero-order valence-corrected chi connectivity index (χ0v) is 24.2. The first kappa shape index (κ1) is 35.3. The largest absolute Gasteiger partial charge is 0.454 e. The summed E-state index contributed by atoms with van der Waals surface area (Å²) in [4.78, 5) is 12.9. The average molecular weight is 581 g/mol. The molecule has 2 heterocycles. The van der Waals surface area contributed by atoms with Crippen LogP contribution in [0.1, 0.15) is 85.0 Å². The van der Waals surface area contributed by atoms with E-state index in [2.05, 4.69) is 6.92 Å². The van der Waals surface area contributed by atoms with E-state index in [1.807, 2.05) is 13.8 Å². The number of esters is 1. The standard InChI is InChI=1S/C28H52O12/c1-4-5-6-7-8-9-10-11-12-13-21(32)38-25-24(36-16-18(2)3)22(33)19(14-29)37-27(25)40-28(17-31)26(35)23(34)20(15-30)39-28/h18-20,22-27,29-31,33-35H,4-17H2,1-3H3/t19-,20-,22-,23-,24+,25-,26+,27-,28+/m1/s1. The minimum atomic E-state index is -2.23. The molecule has 6 N–H and O–H groups in total. The van der Waals surface area contributed by atoms with Gasteiger partial charge in [0.2, 0.25) is 12.1 Å². The quantitative estimate of drug-likeness (QED) is 0.0932. The van der Waals surface area contributed by atoms with E-state index >= 15 is 0 Å². The lowest BCUT2D eigenvalue weighted by Gasteiger charge is -2.46. The predicted octanol–water partition coefficient (Wildman–Crippen LogP) is 0.757. The first-order chi connectivity index (χ1) is 19.1. The molecule has 0 bridgehead atoms. The molecular weight excluding hydrogens is 528 g/mol. The fourth-order valence-corrected chi connectivity index (χ4v) is 5.01. The van der Waals surface area contributed by atoms with E-state index < -0.39 is 80.6 Å². The second kappa shape index (κ2) is 17.9. The van der Waals surface area contributed by atoms with Crippen LogP contribution in [-0.4, -0.2) is 118 Å². The van der Waals surface area contributed by atoms with E-state index in [-0.39, 0.29) is 18.9 Å². The summed E-state index contributed by atoms with van der Waals surface area (Å²) in [6.07, 6.45) is -1.49. The molecule has 0 radical (unpaired) electrons. The van der Waals surface area contributed by atoms with E-state index in [4.69, 9.17) is 23.7 Å². The molecule has 0 aliphatic carbocycles. The van der Waals surface area contributed by atoms with Gasteiger partial charge in [0.25, 0.3) is 0 Å². The predicted molar refractivity (Wildman–Crippen MR) is 143 cm³/mol. The number of hydrogen-bond donors (Lipinski definition) is 6. The lowest BCUT2D eigenvalue weighted by atomic mass is 9.98. The Balaban J connectivity index is 2.11. The van der Waals surface area contributed by atoms with Crippen molar-refractivity contribution in [3.8, 4) is 0 Å². The monoisotopic (exact) mass is 580 g/mol. The molecule has 0 aromatic heterocycles. The fourth-order valence-electron chi connectivity index (χ4n) is 5.01. The van der Waals surface area contributed by atoms with Gasteiger partial charge in [-0.2, -0.15) is 0 Å². The minimum Gasteiger partial charge on any atom is -0.454 e. The Kier molecular flexibility index (Phi) is 15.8. The van der Waals surface area contributed by atoms with Crippen molar-refractivity contribution in [3.63, 3.8) is 0 Å². The van der Waals surface area contributed by atoms with Gasteiger partial charge in [-0.15, -0.1) is 0 Å². The number of ether oxygens (including phenoxy) is 5. The van der Waals surface area contributed by atoms with Gasteiger partial charge < -0.3 is 54.3 Å². The Morgan fingerprint density at radius 3 is 1.98 bits per heavy atom. The van der Waals surface area contributed by atoms with Crippen molar-refractivity contribution >= 4 is 5.97 Å². The van der Waals surface area contributed by atoms with Crippen LogP contribution in [0.25, 0.3) is 0 Å². The number of aliphatic hydroxyl groups excluding tert-OH is 6. The molecule has 9 atom stereocenters. The smallest absolute Gasteiger partial charge is 0.306 e. The number of aliphatic hydroxyl groups is 6. The Morgan fingerprint density at radius 2 is 1.45 bits per heavy atom. The van der Waals surface area contributed by atoms with Crippen LogP contribution in [0.15, 0.2) is 0 Å². The van der Waals surface area contributed by atoms with Crippen LogP contribution in [0, 0.1) is 5.92 Å². The first-order valence-electron chi connectivity index (χ1n) is 14.8. The van der Waals surface area contributed by atoms with Crippen molar-refractivity contribution in [2.45, 2.75) is 140 Å². The van der Waals surface area contributed by atoms with Crippen LogP contribution in [-0.2, 0) is 28.5 Å². The number of rotatable bonds is 19. The van der Waals surface area contributed by atoms with Gasteiger partial charge in [0.1, 0.15) is 43.2 Å². The van der Waals surface area contributed by atoms with E-state index in [1.165, 1.54) is 32.1 Å². The molecule has 12 heteroatoms. The zero-order chi connectivity index (χ0) is 29.7. The number of hydrogen-bond acceptors (Lipinski definition) is 12. The molecule has 0 spiro atoms. The van der Waals surface area contributed by atoms with E-state index in [9.17, 15) is 35.4 Å². The summed E-state index contributed by atoms with van der Waals surface area (Å²) < 4.78 is 28.6. The summed E-state index contributed by atoms with van der Waals surface area (Å²) in [6, 6.07) is 0. The van der Waals surface area contributed by atoms with Gasteiger partial charge in [-0.1, -0.05) is 72.1 Å². The number of carbonyl (C=O) groups excluding carboxylic acids is 1. The molecule has 2 saturated heterocycles. The molecule has 2 fully saturated rings. The molecule has 2 aliphatic rings. The van der Waals surface area contributed by atoms with E-state index in [0.29, 0.717) is 6.42 Å². The molecule has 0 aromatic carbocycles. The molecule has 236 valence electrons. The van der Waals surface area contributed by atoms with Crippen molar-refractivity contribution in [3.05, 3.63) is 0 Å². The van der Waals surface area contributed by atoms with Gasteiger partial charge in [-0.25, -0.2) is 0 Å². The molecule has 0 amide bonds. The maximum Gasteiger partial charge on any atom is 0.306 e. The number of unbranched alkanes of at least 4 members (excludes halogenated alkanes) is 8. The van der Waals surface area contributed by atoms with E-state index in [1.54, 1.807) is 0 Å². The van der Waals surface area contributed by atoms with Gasteiger partial charge in [-0.05, 0) is 12.3 Å². The molecule has 2 aliphatic heterocycles. The average Bonchev–Trinajstić information content (AvgIpc) is 3.18. The third-order valence-corrected chi connectivity index (χ3v) is 7.39. The van der Waals surface area contributed by atoms with Crippen molar-refractivity contribution in [1.82, 2.24) is 0 Å². The van der Waals surface area contributed by atoms with Crippen molar-refractivity contribution in [2.24, 2.45) is 5.92 Å². The van der Waals surface area contributed by atoms with Gasteiger partial charge in [0.15, 0.2) is 6.10 Å². The second-order valence-corrected chi connectivity index (χ2v) is 11.3. The minimum absolute atomic E-state index is 0.0598. The molecule has 0 unspecified atom stereocenters. The summed E-state index contributed by atoms with van der Waals surface area (Å²) >= 11 is 0. The van der Waals surface area contributed by atoms with E-state index in [0.717, 1.165) is 19.3 Å². The number of carbonyl (C=O) groups is 1. The maximum absolute atomic E-state index is 12.9. The Bertz CT molecular complexity index is 709. The lowest BCUT2D eigenvalue weighted by molar-refractivity contribution is -0.386. The van der Waals surface area contributed by atoms with Crippen LogP contribution in [0.3, 0.4) is 0 Å². The maximum atomic E-state index is 12.9. The van der Waals surface area contributed by atoms with Gasteiger partial charge >= 0.3 is 5.97 Å². The Morgan fingerprint density at radius 1 is 0.850 bits per heavy atom. The SMILES string of the molecule is CCCCCCCCCCCC(=O)O[C@H]1[C@@H](O[C@]2(CO)O[C@H](CO)[C@@H](O)[C@@H]2O)O[C@H](CO)[C@@H](O)[C@@H]1OCC(C)C. The summed E-state index contributed by atoms with van der Waals surface area (Å²) in [7, 11) is 0. The molecule has 0 saturated carbocycles. The Labute approximate surface area is 237 Å². The normalized spacial score (nSPS) is 34.5. The van der Waals surface area contributed by atoms with Crippen molar-refractivity contribution < 1.29 is 59.1 Å². The molecular formula is C28H52O12. The summed E-state index contributed by atoms with van der Waals surface area (Å²) in [6.45, 7) is 3.94. The second-order valence-electron chi connectivity index (χ2n) is 11.3. The van der Waals surface area contributed by atoms with Gasteiger partial charge in [0.05, 0.1) is 13.2 Å². The fraction of sp³-hybridized carbons (Fsp3) is 0.964. The summed E-state index contributed by atoms with van der Waals surface area (Å²) in [5, 5.41) is 61.2. The molecule has 40 heavy (non-hydrogen) atoms. The van der Waals surface area contributed by atoms with Crippen LogP contribution < -0.4 is 0 Å². The summed E-state index contributed by atoms with van der Waals surface area (Å²) in [5.74, 6) is -2.74. The third kappa shape index (κ3) is 9.82. The molecule has 12 nitrogen and oxygen atoms in total. The van der Waals surface area contributed by atoms with Gasteiger partial charge in [0, 0.05) is 13.0 Å². The van der Waals surface area contributed by atoms with Crippen molar-refractivity contribution in [1.29, 1.82) is 0 Å². The highest BCUT2D eigenvalue weighted by atomic mass is 16.8. The summed E-state index contributed by atoms with van der Waals surface area (Å²) in [5.41, 5.74) is 0. The topological polar surface area (TPSA) is 185 Å². The van der Waals surface area contributed by atoms with Crippen LogP contribution in [0.4, 0.5) is 0 Å².